The molecule has 0 heterocycles. The standard InChI is InChI=1S/C15H31NO/c1-7-9-11-16(13(3)10-8-2)14(17)12-15(4,5)6/h13H,7-12H2,1-6H3. The van der Waals surface area contributed by atoms with E-state index < -0.39 is 0 Å². The molecule has 0 saturated heterocycles. The molecule has 0 fully saturated rings. The summed E-state index contributed by atoms with van der Waals surface area (Å²) in [5.74, 6) is 0.326. The first-order valence-electron chi connectivity index (χ1n) is 7.11. The minimum absolute atomic E-state index is 0.0908. The molecule has 2 nitrogen and oxygen atoms in total. The lowest BCUT2D eigenvalue weighted by Crippen LogP contribution is -2.40. The first-order chi connectivity index (χ1) is 7.81. The maximum Gasteiger partial charge on any atom is 0.223 e. The molecule has 0 aromatic rings. The highest BCUT2D eigenvalue weighted by molar-refractivity contribution is 5.77. The predicted octanol–water partition coefficient (Wildman–Crippen LogP) is 4.24. The Kier molecular flexibility index (Phi) is 7.49. The molecule has 0 N–H and O–H groups in total. The van der Waals surface area contributed by atoms with Gasteiger partial charge in [0.25, 0.3) is 0 Å². The van der Waals surface area contributed by atoms with Gasteiger partial charge in [0.1, 0.15) is 0 Å². The van der Waals surface area contributed by atoms with E-state index in [0.29, 0.717) is 18.4 Å². The zero-order chi connectivity index (χ0) is 13.5. The van der Waals surface area contributed by atoms with Gasteiger partial charge in [-0.2, -0.15) is 0 Å². The quantitative estimate of drug-likeness (QED) is 0.653. The van der Waals surface area contributed by atoms with Crippen molar-refractivity contribution in [3.05, 3.63) is 0 Å². The topological polar surface area (TPSA) is 20.3 Å². The van der Waals surface area contributed by atoms with Crippen molar-refractivity contribution in [2.45, 2.75) is 79.7 Å². The molecule has 0 spiro atoms. The summed E-state index contributed by atoms with van der Waals surface area (Å²) in [7, 11) is 0. The Morgan fingerprint density at radius 2 is 1.76 bits per heavy atom. The van der Waals surface area contributed by atoms with Crippen LogP contribution in [0.1, 0.15) is 73.6 Å². The molecular formula is C15H31NO. The van der Waals surface area contributed by atoms with Crippen LogP contribution in [0, 0.1) is 5.41 Å². The first-order valence-corrected chi connectivity index (χ1v) is 7.11. The van der Waals surface area contributed by atoms with Crippen LogP contribution in [0.4, 0.5) is 0 Å². The molecule has 0 saturated carbocycles. The van der Waals surface area contributed by atoms with Crippen molar-refractivity contribution in [1.82, 2.24) is 4.90 Å². The highest BCUT2D eigenvalue weighted by Crippen LogP contribution is 2.21. The molecule has 1 amide bonds. The van der Waals surface area contributed by atoms with Gasteiger partial charge in [-0.3, -0.25) is 4.79 Å². The fraction of sp³-hybridized carbons (Fsp3) is 0.933. The van der Waals surface area contributed by atoms with Crippen LogP contribution in [-0.4, -0.2) is 23.4 Å². The van der Waals surface area contributed by atoms with Gasteiger partial charge in [0, 0.05) is 19.0 Å². The van der Waals surface area contributed by atoms with Crippen molar-refractivity contribution in [2.75, 3.05) is 6.54 Å². The van der Waals surface area contributed by atoms with E-state index >= 15 is 0 Å². The molecule has 0 aromatic heterocycles. The van der Waals surface area contributed by atoms with Crippen molar-refractivity contribution in [3.8, 4) is 0 Å². The van der Waals surface area contributed by atoms with Crippen LogP contribution in [0.3, 0.4) is 0 Å². The minimum Gasteiger partial charge on any atom is -0.340 e. The third-order valence-electron chi connectivity index (χ3n) is 2.99. The number of hydrogen-bond acceptors (Lipinski definition) is 1. The van der Waals surface area contributed by atoms with Crippen molar-refractivity contribution in [2.24, 2.45) is 5.41 Å². The fourth-order valence-corrected chi connectivity index (χ4v) is 2.05. The zero-order valence-corrected chi connectivity index (χ0v) is 12.7. The largest absolute Gasteiger partial charge is 0.340 e. The van der Waals surface area contributed by atoms with Crippen LogP contribution < -0.4 is 0 Å². The molecular weight excluding hydrogens is 210 g/mol. The van der Waals surface area contributed by atoms with E-state index in [1.807, 2.05) is 0 Å². The predicted molar refractivity (Wildman–Crippen MR) is 75.1 cm³/mol. The number of amides is 1. The Balaban J connectivity index is 4.49. The lowest BCUT2D eigenvalue weighted by molar-refractivity contribution is -0.135. The van der Waals surface area contributed by atoms with Crippen LogP contribution in [0.5, 0.6) is 0 Å². The number of carbonyl (C=O) groups is 1. The highest BCUT2D eigenvalue weighted by Gasteiger charge is 2.23. The minimum atomic E-state index is 0.0908. The molecule has 0 aliphatic carbocycles. The Morgan fingerprint density at radius 1 is 1.18 bits per heavy atom. The van der Waals surface area contributed by atoms with Gasteiger partial charge in [0.15, 0.2) is 0 Å². The van der Waals surface area contributed by atoms with Gasteiger partial charge in [-0.1, -0.05) is 47.5 Å². The maximum atomic E-state index is 12.3. The summed E-state index contributed by atoms with van der Waals surface area (Å²) in [5.41, 5.74) is 0.0908. The second kappa shape index (κ2) is 7.73. The molecule has 1 unspecified atom stereocenters. The Labute approximate surface area is 108 Å². The zero-order valence-electron chi connectivity index (χ0n) is 12.7. The maximum absolute atomic E-state index is 12.3. The molecule has 0 bridgehead atoms. The molecule has 0 aromatic carbocycles. The van der Waals surface area contributed by atoms with Gasteiger partial charge < -0.3 is 4.90 Å². The highest BCUT2D eigenvalue weighted by atomic mass is 16.2. The van der Waals surface area contributed by atoms with E-state index in [2.05, 4.69) is 46.4 Å². The second-order valence-electron chi connectivity index (χ2n) is 6.32. The van der Waals surface area contributed by atoms with Crippen LogP contribution >= 0.6 is 0 Å². The summed E-state index contributed by atoms with van der Waals surface area (Å²) >= 11 is 0. The number of nitrogens with zero attached hydrogens (tertiary/aromatic N) is 1. The van der Waals surface area contributed by atoms with E-state index in [1.165, 1.54) is 0 Å². The molecule has 17 heavy (non-hydrogen) atoms. The smallest absolute Gasteiger partial charge is 0.223 e. The third-order valence-corrected chi connectivity index (χ3v) is 2.99. The summed E-state index contributed by atoms with van der Waals surface area (Å²) in [5, 5.41) is 0. The summed E-state index contributed by atoms with van der Waals surface area (Å²) in [6.45, 7) is 13.9. The van der Waals surface area contributed by atoms with Gasteiger partial charge >= 0.3 is 0 Å². The molecule has 0 radical (unpaired) electrons. The van der Waals surface area contributed by atoms with Gasteiger partial charge in [-0.05, 0) is 25.2 Å². The van der Waals surface area contributed by atoms with Crippen LogP contribution in [-0.2, 0) is 4.79 Å². The lowest BCUT2D eigenvalue weighted by atomic mass is 9.91. The van der Waals surface area contributed by atoms with Crippen LogP contribution in [0.25, 0.3) is 0 Å². The number of unbranched alkanes of at least 4 members (excludes halogenated alkanes) is 1. The van der Waals surface area contributed by atoms with Gasteiger partial charge in [0.05, 0.1) is 0 Å². The summed E-state index contributed by atoms with van der Waals surface area (Å²) in [4.78, 5) is 14.4. The van der Waals surface area contributed by atoms with Gasteiger partial charge in [-0.15, -0.1) is 0 Å². The van der Waals surface area contributed by atoms with Crippen molar-refractivity contribution < 1.29 is 4.79 Å². The molecule has 1 atom stereocenters. The Hall–Kier alpha value is -0.530. The Morgan fingerprint density at radius 3 is 2.18 bits per heavy atom. The fourth-order valence-electron chi connectivity index (χ4n) is 2.05. The molecule has 0 aliphatic rings. The van der Waals surface area contributed by atoms with E-state index in [0.717, 1.165) is 32.2 Å². The number of rotatable bonds is 7. The summed E-state index contributed by atoms with van der Waals surface area (Å²) in [6.07, 6.45) is 5.18. The average Bonchev–Trinajstić information content (AvgIpc) is 2.15. The van der Waals surface area contributed by atoms with Gasteiger partial charge in [-0.25, -0.2) is 0 Å². The third kappa shape index (κ3) is 7.40. The molecule has 0 aliphatic heterocycles. The number of carbonyl (C=O) groups excluding carboxylic acids is 1. The molecule has 0 rings (SSSR count). The van der Waals surface area contributed by atoms with Gasteiger partial charge in [0.2, 0.25) is 5.91 Å². The molecule has 2 heteroatoms. The summed E-state index contributed by atoms with van der Waals surface area (Å²) in [6, 6.07) is 0.390. The molecule has 102 valence electrons. The normalized spacial score (nSPS) is 13.5. The van der Waals surface area contributed by atoms with Crippen molar-refractivity contribution in [1.29, 1.82) is 0 Å². The first kappa shape index (κ1) is 16.5. The Bertz CT molecular complexity index is 217. The monoisotopic (exact) mass is 241 g/mol. The van der Waals surface area contributed by atoms with E-state index in [9.17, 15) is 4.79 Å². The summed E-state index contributed by atoms with van der Waals surface area (Å²) < 4.78 is 0. The van der Waals surface area contributed by atoms with Crippen molar-refractivity contribution >= 4 is 5.91 Å². The van der Waals surface area contributed by atoms with E-state index in [4.69, 9.17) is 0 Å². The SMILES string of the molecule is CCCCN(C(=O)CC(C)(C)C)C(C)CCC. The van der Waals surface area contributed by atoms with Crippen LogP contribution in [0.2, 0.25) is 0 Å². The lowest BCUT2D eigenvalue weighted by Gasteiger charge is -2.31. The van der Waals surface area contributed by atoms with E-state index in [1.54, 1.807) is 0 Å². The van der Waals surface area contributed by atoms with Crippen molar-refractivity contribution in [3.63, 3.8) is 0 Å². The van der Waals surface area contributed by atoms with Crippen LogP contribution in [0.15, 0.2) is 0 Å². The average molecular weight is 241 g/mol. The number of hydrogen-bond donors (Lipinski definition) is 0. The van der Waals surface area contributed by atoms with E-state index in [-0.39, 0.29) is 5.41 Å². The second-order valence-corrected chi connectivity index (χ2v) is 6.32.